The first kappa shape index (κ1) is 5.69. The van der Waals surface area contributed by atoms with Crippen molar-refractivity contribution in [2.75, 3.05) is 0 Å². The van der Waals surface area contributed by atoms with E-state index in [-0.39, 0.29) is 0 Å². The molecule has 50 valence electrons. The van der Waals surface area contributed by atoms with Crippen LogP contribution in [0, 0.1) is 0 Å². The van der Waals surface area contributed by atoms with Crippen molar-refractivity contribution >= 4 is 8.25 Å². The summed E-state index contributed by atoms with van der Waals surface area (Å²) in [5.74, 6) is 1.17. The van der Waals surface area contributed by atoms with E-state index in [1.54, 1.807) is 24.3 Å². The summed E-state index contributed by atoms with van der Waals surface area (Å²) in [6.45, 7) is 0. The topological polar surface area (TPSA) is 35.5 Å². The van der Waals surface area contributed by atoms with Crippen molar-refractivity contribution in [1.29, 1.82) is 0 Å². The second kappa shape index (κ2) is 1.96. The number of rotatable bonds is 0. The number of hydrogen-bond donors (Lipinski definition) is 0. The molecule has 0 unspecified atom stereocenters. The molecule has 0 aliphatic carbocycles. The summed E-state index contributed by atoms with van der Waals surface area (Å²) in [4.78, 5) is 0. The molecule has 3 rings (SSSR count). The minimum absolute atomic E-state index is 0.586. The first-order valence-electron chi connectivity index (χ1n) is 2.78. The normalized spacial score (nSPS) is 13.8. The molecule has 0 saturated heterocycles. The summed E-state index contributed by atoms with van der Waals surface area (Å²) < 4.78 is 20.3. The fraction of sp³-hybridized carbons (Fsp3) is 0. The van der Waals surface area contributed by atoms with E-state index in [4.69, 9.17) is 9.05 Å². The Bertz CT molecular complexity index is 240. The van der Waals surface area contributed by atoms with Crippen LogP contribution in [0.2, 0.25) is 0 Å². The average molecular weight is 155 g/mol. The molecule has 0 saturated carbocycles. The predicted molar refractivity (Wildman–Crippen MR) is 35.3 cm³/mol. The molecule has 0 amide bonds. The summed E-state index contributed by atoms with van der Waals surface area (Å²) in [6, 6.07) is 6.87. The third-order valence-electron chi connectivity index (χ3n) is 1.18. The summed E-state index contributed by atoms with van der Waals surface area (Å²) >= 11 is 0. The molecule has 0 N–H and O–H groups in total. The van der Waals surface area contributed by atoms with Gasteiger partial charge in [-0.3, -0.25) is 0 Å². The minimum atomic E-state index is -1.98. The maximum absolute atomic E-state index is 10.7. The Morgan fingerprint density at radius 1 is 1.00 bits per heavy atom. The van der Waals surface area contributed by atoms with Gasteiger partial charge in [0.2, 0.25) is 0 Å². The molecule has 0 spiro atoms. The van der Waals surface area contributed by atoms with Gasteiger partial charge in [-0.15, -0.1) is 0 Å². The summed E-state index contributed by atoms with van der Waals surface area (Å²) in [7, 11) is -1.98. The maximum Gasteiger partial charge on any atom is 0.805 e. The largest absolute Gasteiger partial charge is 0.805 e. The van der Waals surface area contributed by atoms with E-state index in [9.17, 15) is 4.57 Å². The van der Waals surface area contributed by atoms with Gasteiger partial charge in [0.05, 0.1) is 0 Å². The molecule has 2 bridgehead atoms. The van der Waals surface area contributed by atoms with Crippen molar-refractivity contribution in [3.05, 3.63) is 24.3 Å². The average Bonchev–Trinajstić information content (AvgIpc) is 2.17. The molecule has 0 atom stereocenters. The summed E-state index contributed by atoms with van der Waals surface area (Å²) in [5, 5.41) is 0. The Labute approximate surface area is 58.5 Å². The zero-order valence-electron chi connectivity index (χ0n) is 4.98. The zero-order valence-corrected chi connectivity index (χ0v) is 5.88. The van der Waals surface area contributed by atoms with Gasteiger partial charge in [0.25, 0.3) is 0 Å². The molecule has 2 heterocycles. The van der Waals surface area contributed by atoms with Crippen molar-refractivity contribution in [3.8, 4) is 11.5 Å². The number of benzene rings is 1. The van der Waals surface area contributed by atoms with Crippen LogP contribution in [-0.4, -0.2) is 0 Å². The van der Waals surface area contributed by atoms with E-state index in [0.29, 0.717) is 11.5 Å². The summed E-state index contributed by atoms with van der Waals surface area (Å²) in [5.41, 5.74) is 0. The molecule has 2 aliphatic heterocycles. The Morgan fingerprint density at radius 2 is 1.40 bits per heavy atom. The lowest BCUT2D eigenvalue weighted by Crippen LogP contribution is -1.80. The second-order valence-electron chi connectivity index (χ2n) is 1.88. The van der Waals surface area contributed by atoms with Crippen molar-refractivity contribution < 1.29 is 13.6 Å². The first-order chi connectivity index (χ1) is 4.84. The Kier molecular flexibility index (Phi) is 1.11. The minimum Gasteiger partial charge on any atom is -0.222 e. The molecule has 2 aliphatic rings. The highest BCUT2D eigenvalue weighted by atomic mass is 31.1. The van der Waals surface area contributed by atoms with Crippen LogP contribution in [-0.2, 0) is 4.57 Å². The van der Waals surface area contributed by atoms with Crippen LogP contribution < -0.4 is 9.05 Å². The van der Waals surface area contributed by atoms with E-state index >= 15 is 0 Å². The van der Waals surface area contributed by atoms with Crippen molar-refractivity contribution in [2.45, 2.75) is 0 Å². The van der Waals surface area contributed by atoms with Gasteiger partial charge in [-0.25, -0.2) is 9.05 Å². The van der Waals surface area contributed by atoms with Crippen LogP contribution in [0.5, 0.6) is 11.5 Å². The quantitative estimate of drug-likeness (QED) is 0.538. The van der Waals surface area contributed by atoms with Gasteiger partial charge in [-0.05, 0) is 24.3 Å². The first-order valence-corrected chi connectivity index (χ1v) is 3.87. The highest BCUT2D eigenvalue weighted by Crippen LogP contribution is 2.35. The standard InChI is InChI=1S/C6H4O3P/c7-10-8-5-1-2-6(9-10)4-3-5/h1-4H/q+1. The van der Waals surface area contributed by atoms with Gasteiger partial charge < -0.3 is 0 Å². The van der Waals surface area contributed by atoms with E-state index < -0.39 is 8.25 Å². The fourth-order valence-corrected chi connectivity index (χ4v) is 1.38. The molecule has 0 radical (unpaired) electrons. The molecule has 1 aromatic carbocycles. The van der Waals surface area contributed by atoms with Crippen LogP contribution in [0.3, 0.4) is 0 Å². The van der Waals surface area contributed by atoms with Crippen LogP contribution in [0.15, 0.2) is 24.3 Å². The molecule has 0 aromatic heterocycles. The van der Waals surface area contributed by atoms with Gasteiger partial charge >= 0.3 is 8.25 Å². The van der Waals surface area contributed by atoms with E-state index in [0.717, 1.165) is 0 Å². The smallest absolute Gasteiger partial charge is 0.222 e. The molecular weight excluding hydrogens is 151 g/mol. The molecule has 0 fully saturated rings. The van der Waals surface area contributed by atoms with Crippen LogP contribution in [0.1, 0.15) is 0 Å². The highest BCUT2D eigenvalue weighted by Gasteiger charge is 2.27. The third kappa shape index (κ3) is 0.847. The van der Waals surface area contributed by atoms with E-state index in [1.165, 1.54) is 0 Å². The monoisotopic (exact) mass is 155 g/mol. The van der Waals surface area contributed by atoms with Crippen LogP contribution in [0.25, 0.3) is 0 Å². The van der Waals surface area contributed by atoms with Crippen molar-refractivity contribution in [3.63, 3.8) is 0 Å². The molecule has 4 heteroatoms. The van der Waals surface area contributed by atoms with Gasteiger partial charge in [0.15, 0.2) is 11.5 Å². The predicted octanol–water partition coefficient (Wildman–Crippen LogP) is 2.12. The second-order valence-corrected chi connectivity index (χ2v) is 2.69. The SMILES string of the molecule is O=[P+]1Oc2ccc(cc2)O1. The summed E-state index contributed by atoms with van der Waals surface area (Å²) in [6.07, 6.45) is 0. The van der Waals surface area contributed by atoms with Gasteiger partial charge in [0.1, 0.15) is 0 Å². The van der Waals surface area contributed by atoms with Crippen molar-refractivity contribution in [1.82, 2.24) is 0 Å². The molecule has 1 aromatic rings. The Hall–Kier alpha value is -1.08. The highest BCUT2D eigenvalue weighted by molar-refractivity contribution is 7.34. The van der Waals surface area contributed by atoms with Gasteiger partial charge in [-0.1, -0.05) is 0 Å². The molecular formula is C6H4O3P+. The Balaban J connectivity index is 2.53. The third-order valence-corrected chi connectivity index (χ3v) is 1.90. The van der Waals surface area contributed by atoms with Gasteiger partial charge in [0, 0.05) is 4.57 Å². The Morgan fingerprint density at radius 3 is 1.80 bits per heavy atom. The fourth-order valence-electron chi connectivity index (χ4n) is 0.752. The lowest BCUT2D eigenvalue weighted by molar-refractivity contribution is 0.424. The number of hydrogen-bond acceptors (Lipinski definition) is 3. The van der Waals surface area contributed by atoms with Crippen molar-refractivity contribution in [2.24, 2.45) is 0 Å². The van der Waals surface area contributed by atoms with Crippen LogP contribution in [0.4, 0.5) is 0 Å². The lowest BCUT2D eigenvalue weighted by atomic mass is 10.3. The van der Waals surface area contributed by atoms with Gasteiger partial charge in [-0.2, -0.15) is 0 Å². The maximum atomic E-state index is 10.7. The lowest BCUT2D eigenvalue weighted by Gasteiger charge is -1.80. The zero-order chi connectivity index (χ0) is 6.97. The molecule has 10 heavy (non-hydrogen) atoms. The molecule has 3 nitrogen and oxygen atoms in total. The van der Waals surface area contributed by atoms with E-state index in [1.807, 2.05) is 0 Å². The van der Waals surface area contributed by atoms with Crippen LogP contribution >= 0.6 is 8.25 Å². The number of fused-ring (bicyclic) bond motifs is 4. The van der Waals surface area contributed by atoms with E-state index in [2.05, 4.69) is 0 Å².